The molecule has 0 aliphatic heterocycles. The average Bonchev–Trinajstić information content (AvgIpc) is 2.34. The fraction of sp³-hybridized carbons (Fsp3) is 0.500. The molecule has 1 aromatic carbocycles. The van der Waals surface area contributed by atoms with Crippen LogP contribution in [0, 0.1) is 10.1 Å². The highest BCUT2D eigenvalue weighted by Crippen LogP contribution is 2.22. The first kappa shape index (κ1) is 15.9. The van der Waals surface area contributed by atoms with E-state index in [0.29, 0.717) is 12.0 Å². The van der Waals surface area contributed by atoms with E-state index in [4.69, 9.17) is 4.74 Å². The highest BCUT2D eigenvalue weighted by atomic mass is 16.6. The summed E-state index contributed by atoms with van der Waals surface area (Å²) in [5.74, 6) is 0. The van der Waals surface area contributed by atoms with Crippen molar-refractivity contribution in [1.82, 2.24) is 5.32 Å². The number of carbonyl (C=O) groups is 1. The monoisotopic (exact) mass is 280 g/mol. The van der Waals surface area contributed by atoms with Crippen LogP contribution in [0.5, 0.6) is 0 Å². The molecule has 0 aliphatic rings. The Hall–Kier alpha value is -2.11. The molecule has 1 rings (SSSR count). The molecule has 0 saturated heterocycles. The van der Waals surface area contributed by atoms with Gasteiger partial charge in [0.1, 0.15) is 5.60 Å². The van der Waals surface area contributed by atoms with Crippen molar-refractivity contribution in [2.45, 2.75) is 45.8 Å². The summed E-state index contributed by atoms with van der Waals surface area (Å²) in [7, 11) is 0. The Labute approximate surface area is 118 Å². The standard InChI is InChI=1S/C14H20N2O4/c1-5-12(15-13(17)20-14(2,3)4)10-7-6-8-11(9-10)16(18)19/h6-9,12H,5H2,1-4H3,(H,15,17)/t12-/m1/s1. The van der Waals surface area contributed by atoms with Crippen LogP contribution in [-0.2, 0) is 4.74 Å². The maximum absolute atomic E-state index is 11.8. The van der Waals surface area contributed by atoms with Gasteiger partial charge in [-0.1, -0.05) is 19.1 Å². The number of nitro groups is 1. The van der Waals surface area contributed by atoms with Crippen molar-refractivity contribution in [2.75, 3.05) is 0 Å². The lowest BCUT2D eigenvalue weighted by Gasteiger charge is -2.23. The summed E-state index contributed by atoms with van der Waals surface area (Å²) in [4.78, 5) is 22.1. The third-order valence-electron chi connectivity index (χ3n) is 2.58. The maximum Gasteiger partial charge on any atom is 0.408 e. The second-order valence-corrected chi connectivity index (χ2v) is 5.46. The van der Waals surface area contributed by atoms with Crippen molar-refractivity contribution in [1.29, 1.82) is 0 Å². The minimum absolute atomic E-state index is 0.00642. The number of carbonyl (C=O) groups excluding carboxylic acids is 1. The summed E-state index contributed by atoms with van der Waals surface area (Å²) < 4.78 is 5.19. The van der Waals surface area contributed by atoms with Crippen molar-refractivity contribution in [2.24, 2.45) is 0 Å². The topological polar surface area (TPSA) is 81.5 Å². The molecular weight excluding hydrogens is 260 g/mol. The van der Waals surface area contributed by atoms with E-state index in [0.717, 1.165) is 0 Å². The van der Waals surface area contributed by atoms with Crippen LogP contribution in [0.3, 0.4) is 0 Å². The predicted molar refractivity (Wildman–Crippen MR) is 75.5 cm³/mol. The second kappa shape index (κ2) is 6.36. The van der Waals surface area contributed by atoms with Gasteiger partial charge < -0.3 is 10.1 Å². The van der Waals surface area contributed by atoms with Gasteiger partial charge in [0.15, 0.2) is 0 Å². The lowest BCUT2D eigenvalue weighted by molar-refractivity contribution is -0.384. The van der Waals surface area contributed by atoms with Crippen LogP contribution in [-0.4, -0.2) is 16.6 Å². The molecule has 0 saturated carbocycles. The van der Waals surface area contributed by atoms with Gasteiger partial charge in [-0.2, -0.15) is 0 Å². The number of hydrogen-bond donors (Lipinski definition) is 1. The third-order valence-corrected chi connectivity index (χ3v) is 2.58. The Morgan fingerprint density at radius 1 is 1.45 bits per heavy atom. The lowest BCUT2D eigenvalue weighted by atomic mass is 10.0. The van der Waals surface area contributed by atoms with Crippen LogP contribution < -0.4 is 5.32 Å². The molecular formula is C14H20N2O4. The van der Waals surface area contributed by atoms with E-state index in [2.05, 4.69) is 5.32 Å². The summed E-state index contributed by atoms with van der Waals surface area (Å²) in [5.41, 5.74) is 0.116. The molecule has 0 spiro atoms. The number of amides is 1. The van der Waals surface area contributed by atoms with Gasteiger partial charge in [0, 0.05) is 12.1 Å². The van der Waals surface area contributed by atoms with Gasteiger partial charge in [-0.05, 0) is 32.8 Å². The molecule has 110 valence electrons. The van der Waals surface area contributed by atoms with Crippen molar-refractivity contribution >= 4 is 11.8 Å². The number of alkyl carbamates (subject to hydrolysis) is 1. The highest BCUT2D eigenvalue weighted by Gasteiger charge is 2.20. The van der Waals surface area contributed by atoms with Crippen molar-refractivity contribution in [3.8, 4) is 0 Å². The van der Waals surface area contributed by atoms with Crippen LogP contribution in [0.2, 0.25) is 0 Å². The third kappa shape index (κ3) is 4.87. The fourth-order valence-corrected chi connectivity index (χ4v) is 1.73. The van der Waals surface area contributed by atoms with E-state index in [9.17, 15) is 14.9 Å². The number of nitrogens with zero attached hydrogens (tertiary/aromatic N) is 1. The number of non-ortho nitro benzene ring substituents is 1. The minimum Gasteiger partial charge on any atom is -0.444 e. The molecule has 0 unspecified atom stereocenters. The number of nitrogens with one attached hydrogen (secondary N) is 1. The Balaban J connectivity index is 2.83. The van der Waals surface area contributed by atoms with Crippen LogP contribution in [0.4, 0.5) is 10.5 Å². The molecule has 0 aromatic heterocycles. The normalized spacial score (nSPS) is 12.6. The predicted octanol–water partition coefficient (Wildman–Crippen LogP) is 3.57. The van der Waals surface area contributed by atoms with E-state index >= 15 is 0 Å². The Morgan fingerprint density at radius 2 is 2.10 bits per heavy atom. The molecule has 0 radical (unpaired) electrons. The van der Waals surface area contributed by atoms with Crippen LogP contribution >= 0.6 is 0 Å². The second-order valence-electron chi connectivity index (χ2n) is 5.46. The van der Waals surface area contributed by atoms with Gasteiger partial charge in [0.2, 0.25) is 0 Å². The average molecular weight is 280 g/mol. The van der Waals surface area contributed by atoms with Gasteiger partial charge in [0.05, 0.1) is 11.0 Å². The highest BCUT2D eigenvalue weighted by molar-refractivity contribution is 5.68. The number of benzene rings is 1. The quantitative estimate of drug-likeness (QED) is 0.675. The summed E-state index contributed by atoms with van der Waals surface area (Å²) in [5, 5.41) is 13.5. The first-order valence-corrected chi connectivity index (χ1v) is 6.47. The SMILES string of the molecule is CC[C@@H](NC(=O)OC(C)(C)C)c1cccc([N+](=O)[O-])c1. The number of ether oxygens (including phenoxy) is 1. The van der Waals surface area contributed by atoms with E-state index < -0.39 is 16.6 Å². The zero-order chi connectivity index (χ0) is 15.3. The smallest absolute Gasteiger partial charge is 0.408 e. The fourth-order valence-electron chi connectivity index (χ4n) is 1.73. The lowest BCUT2D eigenvalue weighted by Crippen LogP contribution is -2.34. The van der Waals surface area contributed by atoms with Crippen LogP contribution in [0.25, 0.3) is 0 Å². The van der Waals surface area contributed by atoms with Crippen LogP contribution in [0.1, 0.15) is 45.7 Å². The summed E-state index contributed by atoms with van der Waals surface area (Å²) in [6.45, 7) is 7.23. The molecule has 1 N–H and O–H groups in total. The Morgan fingerprint density at radius 3 is 2.60 bits per heavy atom. The van der Waals surface area contributed by atoms with E-state index in [-0.39, 0.29) is 11.7 Å². The first-order valence-electron chi connectivity index (χ1n) is 6.47. The minimum atomic E-state index is -0.578. The van der Waals surface area contributed by atoms with Gasteiger partial charge in [-0.15, -0.1) is 0 Å². The first-order chi connectivity index (χ1) is 9.23. The Bertz CT molecular complexity index is 494. The molecule has 6 heteroatoms. The molecule has 1 amide bonds. The molecule has 6 nitrogen and oxygen atoms in total. The van der Waals surface area contributed by atoms with E-state index in [1.807, 2.05) is 6.92 Å². The zero-order valence-corrected chi connectivity index (χ0v) is 12.2. The largest absolute Gasteiger partial charge is 0.444 e. The summed E-state index contributed by atoms with van der Waals surface area (Å²) in [6.07, 6.45) is 0.0799. The molecule has 0 aliphatic carbocycles. The number of hydrogen-bond acceptors (Lipinski definition) is 4. The van der Waals surface area contributed by atoms with Crippen molar-refractivity contribution in [3.63, 3.8) is 0 Å². The molecule has 0 bridgehead atoms. The Kier molecular flexibility index (Phi) is 5.07. The summed E-state index contributed by atoms with van der Waals surface area (Å²) >= 11 is 0. The van der Waals surface area contributed by atoms with Crippen molar-refractivity contribution < 1.29 is 14.5 Å². The van der Waals surface area contributed by atoms with Gasteiger partial charge in [0.25, 0.3) is 5.69 Å². The van der Waals surface area contributed by atoms with Crippen LogP contribution in [0.15, 0.2) is 24.3 Å². The van der Waals surface area contributed by atoms with Crippen molar-refractivity contribution in [3.05, 3.63) is 39.9 Å². The maximum atomic E-state index is 11.8. The molecule has 0 heterocycles. The zero-order valence-electron chi connectivity index (χ0n) is 12.2. The molecule has 0 fully saturated rings. The molecule has 1 aromatic rings. The molecule has 20 heavy (non-hydrogen) atoms. The number of nitro benzene ring substituents is 1. The molecule has 1 atom stereocenters. The van der Waals surface area contributed by atoms with Gasteiger partial charge >= 0.3 is 6.09 Å². The van der Waals surface area contributed by atoms with E-state index in [1.165, 1.54) is 12.1 Å². The summed E-state index contributed by atoms with van der Waals surface area (Å²) in [6, 6.07) is 5.92. The van der Waals surface area contributed by atoms with Gasteiger partial charge in [-0.3, -0.25) is 10.1 Å². The van der Waals surface area contributed by atoms with Gasteiger partial charge in [-0.25, -0.2) is 4.79 Å². The van der Waals surface area contributed by atoms with E-state index in [1.54, 1.807) is 32.9 Å². The number of rotatable bonds is 4.